The second-order valence-electron chi connectivity index (χ2n) is 24.9. The van der Waals surface area contributed by atoms with Crippen molar-refractivity contribution in [3.8, 4) is 0 Å². The van der Waals surface area contributed by atoms with Gasteiger partial charge in [0, 0.05) is 12.8 Å². The summed E-state index contributed by atoms with van der Waals surface area (Å²) in [5.41, 5.74) is 0. The Morgan fingerprint density at radius 2 is 0.588 bits per heavy atom. The van der Waals surface area contributed by atoms with Gasteiger partial charge in [-0.15, -0.1) is 0 Å². The van der Waals surface area contributed by atoms with Gasteiger partial charge in [-0.3, -0.25) is 9.59 Å². The number of esters is 1. The fourth-order valence-electron chi connectivity index (χ4n) is 11.3. The molecule has 0 aromatic rings. The minimum atomic E-state index is -0.841. The first kappa shape index (κ1) is 78.1. The average molecular weight is 1120 g/mol. The van der Waals surface area contributed by atoms with E-state index in [1.807, 2.05) is 6.08 Å². The summed E-state index contributed by atoms with van der Waals surface area (Å²) < 4.78 is 5.49. The molecule has 3 N–H and O–H groups in total. The van der Waals surface area contributed by atoms with Gasteiger partial charge in [0.25, 0.3) is 0 Å². The zero-order chi connectivity index (χ0) is 57.8. The van der Waals surface area contributed by atoms with Gasteiger partial charge < -0.3 is 20.3 Å². The van der Waals surface area contributed by atoms with Crippen molar-refractivity contribution in [1.29, 1.82) is 0 Å². The molecule has 0 rings (SSSR count). The van der Waals surface area contributed by atoms with Gasteiger partial charge >= 0.3 is 5.97 Å². The van der Waals surface area contributed by atoms with E-state index >= 15 is 0 Å². The Labute approximate surface area is 500 Å². The fraction of sp³-hybridized carbons (Fsp3) is 0.892. The van der Waals surface area contributed by atoms with Gasteiger partial charge in [0.2, 0.25) is 5.91 Å². The van der Waals surface area contributed by atoms with E-state index in [9.17, 15) is 19.8 Å². The molecule has 2 atom stereocenters. The summed E-state index contributed by atoms with van der Waals surface area (Å²) in [7, 11) is 0. The molecular formula is C74H141NO5. The molecule has 6 nitrogen and oxygen atoms in total. The number of nitrogens with one attached hydrogen (secondary N) is 1. The maximum absolute atomic E-state index is 12.5. The minimum absolute atomic E-state index is 0.0124. The molecule has 0 aromatic heterocycles. The first-order chi connectivity index (χ1) is 39.5. The predicted molar refractivity (Wildman–Crippen MR) is 352 cm³/mol. The number of ether oxygens (including phenoxy) is 1. The molecule has 0 aliphatic rings. The molecule has 0 aliphatic carbocycles. The molecule has 0 aromatic carbocycles. The van der Waals surface area contributed by atoms with Crippen molar-refractivity contribution < 1.29 is 24.5 Å². The van der Waals surface area contributed by atoms with Gasteiger partial charge in [-0.25, -0.2) is 0 Å². The van der Waals surface area contributed by atoms with Crippen molar-refractivity contribution in [2.24, 2.45) is 0 Å². The van der Waals surface area contributed by atoms with Gasteiger partial charge in [-0.1, -0.05) is 339 Å². The third-order valence-corrected chi connectivity index (χ3v) is 16.9. The van der Waals surface area contributed by atoms with Crippen molar-refractivity contribution in [3.05, 3.63) is 36.5 Å². The molecule has 0 heterocycles. The third kappa shape index (κ3) is 65.2. The second-order valence-corrected chi connectivity index (χ2v) is 24.9. The number of aliphatic hydroxyl groups excluding tert-OH is 2. The summed E-state index contributed by atoms with van der Waals surface area (Å²) in [5, 5.41) is 23.1. The number of allylic oxidation sites excluding steroid dienone is 5. The van der Waals surface area contributed by atoms with Gasteiger partial charge in [0.15, 0.2) is 0 Å². The van der Waals surface area contributed by atoms with Gasteiger partial charge in [-0.05, 0) is 83.5 Å². The van der Waals surface area contributed by atoms with Crippen molar-refractivity contribution >= 4 is 11.9 Å². The summed E-state index contributed by atoms with van der Waals surface area (Å²) in [5.74, 6) is -0.0507. The van der Waals surface area contributed by atoms with E-state index in [1.54, 1.807) is 6.08 Å². The molecule has 80 heavy (non-hydrogen) atoms. The summed E-state index contributed by atoms with van der Waals surface area (Å²) >= 11 is 0. The van der Waals surface area contributed by atoms with Crippen LogP contribution in [-0.2, 0) is 14.3 Å². The normalized spacial score (nSPS) is 12.7. The zero-order valence-electron chi connectivity index (χ0n) is 54.1. The molecule has 6 heteroatoms. The summed E-state index contributed by atoms with van der Waals surface area (Å²) in [6.45, 7) is 4.92. The van der Waals surface area contributed by atoms with Crippen LogP contribution in [0.15, 0.2) is 36.5 Å². The molecule has 0 saturated heterocycles. The number of aliphatic hydroxyl groups is 2. The van der Waals surface area contributed by atoms with Crippen molar-refractivity contribution in [1.82, 2.24) is 5.32 Å². The maximum atomic E-state index is 12.5. The van der Waals surface area contributed by atoms with Crippen LogP contribution < -0.4 is 5.32 Å². The van der Waals surface area contributed by atoms with Crippen molar-refractivity contribution in [3.63, 3.8) is 0 Å². The molecular weight excluding hydrogens is 983 g/mol. The lowest BCUT2D eigenvalue weighted by atomic mass is 10.0. The Kier molecular flexibility index (Phi) is 67.9. The Morgan fingerprint density at radius 3 is 0.887 bits per heavy atom. The number of carbonyl (C=O) groups excluding carboxylic acids is 2. The highest BCUT2D eigenvalue weighted by Gasteiger charge is 2.18. The third-order valence-electron chi connectivity index (χ3n) is 16.9. The Morgan fingerprint density at radius 1 is 0.338 bits per heavy atom. The van der Waals surface area contributed by atoms with Crippen LogP contribution in [0.3, 0.4) is 0 Å². The molecule has 0 saturated carbocycles. The lowest BCUT2D eigenvalue weighted by Gasteiger charge is -2.20. The van der Waals surface area contributed by atoms with Crippen LogP contribution in [0.5, 0.6) is 0 Å². The standard InChI is InChI=1S/C74H141NO5/c1-3-5-7-9-11-13-15-17-39-44-48-52-56-60-64-68-74(79)80-69-65-61-57-53-49-45-41-38-36-34-32-30-28-26-24-22-20-18-19-21-23-25-27-29-31-33-35-37-40-43-47-51-55-59-63-67-73(78)75-71(70-76)72(77)66-62-58-54-50-46-42-16-14-12-10-8-6-4-2/h17,20,22,39,62,66,71-72,76-77H,3-16,18-19,21,23-38,40-61,63-65,67-70H2,1-2H3,(H,75,78)/b22-20-,39-17-,66-62+. The van der Waals surface area contributed by atoms with E-state index in [2.05, 4.69) is 43.5 Å². The Balaban J connectivity index is 3.34. The largest absolute Gasteiger partial charge is 0.466 e. The smallest absolute Gasteiger partial charge is 0.305 e. The molecule has 1 amide bonds. The van der Waals surface area contributed by atoms with E-state index in [1.165, 1.54) is 327 Å². The summed E-state index contributed by atoms with van der Waals surface area (Å²) in [4.78, 5) is 24.5. The van der Waals surface area contributed by atoms with Crippen molar-refractivity contribution in [2.45, 2.75) is 411 Å². The molecule has 0 aliphatic heterocycles. The van der Waals surface area contributed by atoms with Gasteiger partial charge in [0.1, 0.15) is 0 Å². The van der Waals surface area contributed by atoms with Crippen LogP contribution in [0.1, 0.15) is 399 Å². The monoisotopic (exact) mass is 1120 g/mol. The van der Waals surface area contributed by atoms with Crippen LogP contribution in [0, 0.1) is 0 Å². The minimum Gasteiger partial charge on any atom is -0.466 e. The first-order valence-corrected chi connectivity index (χ1v) is 36.3. The van der Waals surface area contributed by atoms with E-state index in [4.69, 9.17) is 4.74 Å². The zero-order valence-corrected chi connectivity index (χ0v) is 54.1. The van der Waals surface area contributed by atoms with Gasteiger partial charge in [-0.2, -0.15) is 0 Å². The lowest BCUT2D eigenvalue weighted by Crippen LogP contribution is -2.45. The predicted octanol–water partition coefficient (Wildman–Crippen LogP) is 23.5. The quantitative estimate of drug-likeness (QED) is 0.0320. The van der Waals surface area contributed by atoms with Crippen LogP contribution in [0.2, 0.25) is 0 Å². The highest BCUT2D eigenvalue weighted by Crippen LogP contribution is 2.18. The summed E-state index contributed by atoms with van der Waals surface area (Å²) in [6.07, 6.45) is 89.6. The van der Waals surface area contributed by atoms with E-state index in [-0.39, 0.29) is 18.5 Å². The highest BCUT2D eigenvalue weighted by molar-refractivity contribution is 5.76. The Hall–Kier alpha value is -1.92. The molecule has 0 radical (unpaired) electrons. The maximum Gasteiger partial charge on any atom is 0.305 e. The van der Waals surface area contributed by atoms with Crippen LogP contribution in [-0.4, -0.2) is 47.4 Å². The van der Waals surface area contributed by atoms with Gasteiger partial charge in [0.05, 0.1) is 25.4 Å². The first-order valence-electron chi connectivity index (χ1n) is 36.3. The Bertz CT molecular complexity index is 1300. The highest BCUT2D eigenvalue weighted by atomic mass is 16.5. The average Bonchev–Trinajstić information content (AvgIpc) is 3.46. The van der Waals surface area contributed by atoms with E-state index < -0.39 is 12.1 Å². The fourth-order valence-corrected chi connectivity index (χ4v) is 11.3. The number of hydrogen-bond donors (Lipinski definition) is 3. The molecule has 0 bridgehead atoms. The second kappa shape index (κ2) is 69.6. The molecule has 0 fully saturated rings. The molecule has 2 unspecified atom stereocenters. The SMILES string of the molecule is CCCCCCCC/C=C\CCCCCCCC(=O)OCCCCCCCCCCCCCCCC/C=C\CCCCCCCCCCCCCCCCCCCC(=O)NC(CO)C(O)/C=C/CCCCCCCCCCCCC. The number of amides is 1. The van der Waals surface area contributed by atoms with Crippen LogP contribution >= 0.6 is 0 Å². The molecule has 472 valence electrons. The summed E-state index contributed by atoms with van der Waals surface area (Å²) in [6, 6.07) is -0.624. The number of carbonyl (C=O) groups is 2. The van der Waals surface area contributed by atoms with Crippen molar-refractivity contribution in [2.75, 3.05) is 13.2 Å². The topological polar surface area (TPSA) is 95.9 Å². The van der Waals surface area contributed by atoms with Crippen LogP contribution in [0.4, 0.5) is 0 Å². The van der Waals surface area contributed by atoms with E-state index in [0.29, 0.717) is 19.4 Å². The number of rotatable bonds is 68. The number of hydrogen-bond acceptors (Lipinski definition) is 5. The number of unbranched alkanes of at least 4 members (excludes halogenated alkanes) is 53. The lowest BCUT2D eigenvalue weighted by molar-refractivity contribution is -0.143. The van der Waals surface area contributed by atoms with Crippen LogP contribution in [0.25, 0.3) is 0 Å². The van der Waals surface area contributed by atoms with E-state index in [0.717, 1.165) is 44.9 Å². The molecule has 0 spiro atoms.